The monoisotopic (exact) mass is 295 g/mol. The maximum Gasteiger partial charge on any atom is 0.292 e. The number of halogens is 1. The van der Waals surface area contributed by atoms with Crippen molar-refractivity contribution in [3.63, 3.8) is 0 Å². The number of nitro benzene ring substituents is 1. The molecule has 0 bridgehead atoms. The lowest BCUT2D eigenvalue weighted by atomic mass is 9.78. The zero-order chi connectivity index (χ0) is 15.4. The molecular weight excluding hydrogens is 277 g/mol. The fourth-order valence-corrected chi connectivity index (χ4v) is 2.83. The van der Waals surface area contributed by atoms with Crippen LogP contribution in [-0.2, 0) is 4.79 Å². The summed E-state index contributed by atoms with van der Waals surface area (Å²) in [4.78, 5) is 22.6. The van der Waals surface area contributed by atoms with Gasteiger partial charge >= 0.3 is 0 Å². The predicted octanol–water partition coefficient (Wildman–Crippen LogP) is 2.44. The van der Waals surface area contributed by atoms with E-state index in [4.69, 9.17) is 5.73 Å². The van der Waals surface area contributed by atoms with Crippen LogP contribution in [0.15, 0.2) is 18.2 Å². The van der Waals surface area contributed by atoms with Gasteiger partial charge in [0.25, 0.3) is 5.69 Å². The van der Waals surface area contributed by atoms with Gasteiger partial charge in [-0.3, -0.25) is 14.9 Å². The van der Waals surface area contributed by atoms with E-state index in [1.807, 2.05) is 0 Å². The highest BCUT2D eigenvalue weighted by molar-refractivity contribution is 5.94. The molecule has 7 heteroatoms. The van der Waals surface area contributed by atoms with Crippen LogP contribution in [0, 0.1) is 27.8 Å². The number of nitrogens with zero attached hydrogens (tertiary/aromatic N) is 1. The van der Waals surface area contributed by atoms with Gasteiger partial charge in [-0.05, 0) is 31.4 Å². The molecule has 2 rings (SSSR count). The summed E-state index contributed by atoms with van der Waals surface area (Å²) in [5.74, 6) is -1.15. The molecule has 1 fully saturated rings. The van der Waals surface area contributed by atoms with Gasteiger partial charge in [0, 0.05) is 18.1 Å². The Morgan fingerprint density at radius 2 is 2.14 bits per heavy atom. The van der Waals surface area contributed by atoms with Gasteiger partial charge in [0.1, 0.15) is 11.5 Å². The van der Waals surface area contributed by atoms with Gasteiger partial charge in [0.15, 0.2) is 0 Å². The topological polar surface area (TPSA) is 98.3 Å². The van der Waals surface area contributed by atoms with Crippen LogP contribution in [0.3, 0.4) is 0 Å². The van der Waals surface area contributed by atoms with Crippen molar-refractivity contribution in [3.05, 3.63) is 34.1 Å². The molecule has 0 aliphatic heterocycles. The SMILES string of the molecule is NCC1CCCCC1C(=O)Nc1cc(F)ccc1[N+](=O)[O-]. The maximum absolute atomic E-state index is 13.3. The highest BCUT2D eigenvalue weighted by atomic mass is 19.1. The van der Waals surface area contributed by atoms with E-state index in [9.17, 15) is 19.3 Å². The summed E-state index contributed by atoms with van der Waals surface area (Å²) < 4.78 is 13.3. The Hall–Kier alpha value is -2.02. The second-order valence-electron chi connectivity index (χ2n) is 5.29. The van der Waals surface area contributed by atoms with Crippen molar-refractivity contribution >= 4 is 17.3 Å². The molecule has 1 aliphatic carbocycles. The quantitative estimate of drug-likeness (QED) is 0.658. The summed E-state index contributed by atoms with van der Waals surface area (Å²) >= 11 is 0. The number of hydrogen-bond acceptors (Lipinski definition) is 4. The molecule has 2 atom stereocenters. The van der Waals surface area contributed by atoms with Crippen LogP contribution in [0.4, 0.5) is 15.8 Å². The van der Waals surface area contributed by atoms with Crippen LogP contribution in [0.25, 0.3) is 0 Å². The van der Waals surface area contributed by atoms with E-state index in [1.54, 1.807) is 0 Å². The summed E-state index contributed by atoms with van der Waals surface area (Å²) in [6.45, 7) is 0.406. The fraction of sp³-hybridized carbons (Fsp3) is 0.500. The van der Waals surface area contributed by atoms with E-state index in [0.717, 1.165) is 37.5 Å². The van der Waals surface area contributed by atoms with Crippen LogP contribution in [0.5, 0.6) is 0 Å². The van der Waals surface area contributed by atoms with E-state index in [2.05, 4.69) is 5.32 Å². The van der Waals surface area contributed by atoms with Crippen LogP contribution in [0.1, 0.15) is 25.7 Å². The first kappa shape index (κ1) is 15.4. The van der Waals surface area contributed by atoms with Gasteiger partial charge in [-0.1, -0.05) is 12.8 Å². The van der Waals surface area contributed by atoms with Crippen LogP contribution in [-0.4, -0.2) is 17.4 Å². The van der Waals surface area contributed by atoms with Crippen molar-refractivity contribution < 1.29 is 14.1 Å². The Bertz CT molecular complexity index is 550. The molecule has 114 valence electrons. The third-order valence-corrected chi connectivity index (χ3v) is 3.96. The van der Waals surface area contributed by atoms with E-state index < -0.39 is 10.7 Å². The molecule has 0 heterocycles. The first-order valence-corrected chi connectivity index (χ1v) is 6.97. The van der Waals surface area contributed by atoms with E-state index in [-0.39, 0.29) is 29.1 Å². The Labute approximate surface area is 121 Å². The third-order valence-electron chi connectivity index (χ3n) is 3.96. The van der Waals surface area contributed by atoms with Crippen molar-refractivity contribution in [2.24, 2.45) is 17.6 Å². The molecule has 1 aromatic rings. The normalized spacial score (nSPS) is 21.8. The Kier molecular flexibility index (Phi) is 4.85. The number of nitro groups is 1. The molecule has 0 spiro atoms. The number of benzene rings is 1. The van der Waals surface area contributed by atoms with Gasteiger partial charge in [-0.15, -0.1) is 0 Å². The van der Waals surface area contributed by atoms with Gasteiger partial charge in [0.05, 0.1) is 4.92 Å². The number of anilines is 1. The summed E-state index contributed by atoms with van der Waals surface area (Å²) in [6, 6.07) is 3.01. The Balaban J connectivity index is 2.18. The molecule has 1 aromatic carbocycles. The smallest absolute Gasteiger partial charge is 0.292 e. The van der Waals surface area contributed by atoms with Gasteiger partial charge in [-0.25, -0.2) is 4.39 Å². The molecule has 3 N–H and O–H groups in total. The molecular formula is C14H18FN3O3. The fourth-order valence-electron chi connectivity index (χ4n) is 2.83. The molecule has 0 aromatic heterocycles. The molecule has 21 heavy (non-hydrogen) atoms. The van der Waals surface area contributed by atoms with Gasteiger partial charge in [0.2, 0.25) is 5.91 Å². The number of carbonyl (C=O) groups excluding carboxylic acids is 1. The molecule has 0 radical (unpaired) electrons. The minimum absolute atomic E-state index is 0.0753. The Morgan fingerprint density at radius 1 is 1.43 bits per heavy atom. The number of nitrogens with two attached hydrogens (primary N) is 1. The third kappa shape index (κ3) is 3.55. The van der Waals surface area contributed by atoms with Gasteiger partial charge < -0.3 is 11.1 Å². The average molecular weight is 295 g/mol. The van der Waals surface area contributed by atoms with Crippen molar-refractivity contribution in [1.82, 2.24) is 0 Å². The number of amides is 1. The van der Waals surface area contributed by atoms with Gasteiger partial charge in [-0.2, -0.15) is 0 Å². The van der Waals surface area contributed by atoms with Crippen molar-refractivity contribution in [1.29, 1.82) is 0 Å². The number of nitrogens with one attached hydrogen (secondary N) is 1. The lowest BCUT2D eigenvalue weighted by Crippen LogP contribution is -2.35. The zero-order valence-electron chi connectivity index (χ0n) is 11.5. The second-order valence-corrected chi connectivity index (χ2v) is 5.29. The number of carbonyl (C=O) groups is 1. The van der Waals surface area contributed by atoms with Crippen molar-refractivity contribution in [2.75, 3.05) is 11.9 Å². The molecule has 1 aliphatic rings. The first-order valence-electron chi connectivity index (χ1n) is 6.97. The lowest BCUT2D eigenvalue weighted by Gasteiger charge is -2.29. The summed E-state index contributed by atoms with van der Waals surface area (Å²) in [6.07, 6.45) is 3.54. The summed E-state index contributed by atoms with van der Waals surface area (Å²) in [5.41, 5.74) is 5.26. The van der Waals surface area contributed by atoms with E-state index >= 15 is 0 Å². The zero-order valence-corrected chi connectivity index (χ0v) is 11.5. The molecule has 0 saturated heterocycles. The highest BCUT2D eigenvalue weighted by Crippen LogP contribution is 2.32. The van der Waals surface area contributed by atoms with Crippen LogP contribution in [0.2, 0.25) is 0 Å². The minimum atomic E-state index is -0.643. The molecule has 6 nitrogen and oxygen atoms in total. The first-order chi connectivity index (χ1) is 10.0. The lowest BCUT2D eigenvalue weighted by molar-refractivity contribution is -0.384. The van der Waals surface area contributed by atoms with E-state index in [1.165, 1.54) is 0 Å². The molecule has 1 saturated carbocycles. The predicted molar refractivity (Wildman–Crippen MR) is 76.2 cm³/mol. The number of rotatable bonds is 4. The maximum atomic E-state index is 13.3. The highest BCUT2D eigenvalue weighted by Gasteiger charge is 2.31. The summed E-state index contributed by atoms with van der Waals surface area (Å²) in [5, 5.41) is 13.4. The largest absolute Gasteiger partial charge is 0.330 e. The second kappa shape index (κ2) is 6.62. The molecule has 2 unspecified atom stereocenters. The standard InChI is InChI=1S/C14H18FN3O3/c15-10-5-6-13(18(20)21)12(7-10)17-14(19)11-4-2-1-3-9(11)8-16/h5-7,9,11H,1-4,8,16H2,(H,17,19). The average Bonchev–Trinajstić information content (AvgIpc) is 2.46. The van der Waals surface area contributed by atoms with Crippen molar-refractivity contribution in [3.8, 4) is 0 Å². The Morgan fingerprint density at radius 3 is 2.81 bits per heavy atom. The van der Waals surface area contributed by atoms with E-state index in [0.29, 0.717) is 13.0 Å². The van der Waals surface area contributed by atoms with Crippen LogP contribution >= 0.6 is 0 Å². The molecule has 1 amide bonds. The number of hydrogen-bond donors (Lipinski definition) is 2. The van der Waals surface area contributed by atoms with Crippen molar-refractivity contribution in [2.45, 2.75) is 25.7 Å². The minimum Gasteiger partial charge on any atom is -0.330 e. The van der Waals surface area contributed by atoms with Crippen LogP contribution < -0.4 is 11.1 Å². The summed E-state index contributed by atoms with van der Waals surface area (Å²) in [7, 11) is 0.